The van der Waals surface area contributed by atoms with Gasteiger partial charge in [0, 0.05) is 24.4 Å². The van der Waals surface area contributed by atoms with Gasteiger partial charge in [0.15, 0.2) is 0 Å². The average molecular weight is 412 g/mol. The number of rotatable bonds is 4. The second kappa shape index (κ2) is 7.19. The lowest BCUT2D eigenvalue weighted by Crippen LogP contribution is -2.70. The summed E-state index contributed by atoms with van der Waals surface area (Å²) in [5, 5.41) is 3.59. The fourth-order valence-corrected chi connectivity index (χ4v) is 4.58. The molecule has 1 N–H and O–H groups in total. The molecule has 2 unspecified atom stereocenters. The highest BCUT2D eigenvalue weighted by molar-refractivity contribution is 6.30. The lowest BCUT2D eigenvalue weighted by atomic mass is 9.95. The molecule has 1 fully saturated rings. The molecule has 1 saturated heterocycles. The number of hydrogen-bond acceptors (Lipinski definition) is 3. The Hall–Kier alpha value is -2.86. The van der Waals surface area contributed by atoms with Gasteiger partial charge in [-0.05, 0) is 43.7 Å². The highest BCUT2D eigenvalue weighted by Crippen LogP contribution is 2.44. The topological polar surface area (TPSA) is 69.7 Å². The van der Waals surface area contributed by atoms with Crippen LogP contribution in [0.3, 0.4) is 0 Å². The molecule has 0 radical (unpaired) electrons. The third-order valence-corrected chi connectivity index (χ3v) is 5.99. The van der Waals surface area contributed by atoms with E-state index in [-0.39, 0.29) is 36.6 Å². The number of benzene rings is 2. The van der Waals surface area contributed by atoms with Gasteiger partial charge in [-0.3, -0.25) is 19.3 Å². The summed E-state index contributed by atoms with van der Waals surface area (Å²) >= 11 is 6.08. The van der Waals surface area contributed by atoms with Crippen LogP contribution in [-0.2, 0) is 9.59 Å². The maximum Gasteiger partial charge on any atom is 0.267 e. The summed E-state index contributed by atoms with van der Waals surface area (Å²) in [5.41, 5.74) is 0.430. The summed E-state index contributed by atoms with van der Waals surface area (Å²) in [6, 6.07) is 13.9. The lowest BCUT2D eigenvalue weighted by molar-refractivity contribution is -0.134. The summed E-state index contributed by atoms with van der Waals surface area (Å²) in [7, 11) is 0. The zero-order chi connectivity index (χ0) is 20.8. The molecule has 29 heavy (non-hydrogen) atoms. The summed E-state index contributed by atoms with van der Waals surface area (Å²) in [6.45, 7) is 3.99. The predicted octanol–water partition coefficient (Wildman–Crippen LogP) is 3.52. The molecule has 2 aromatic rings. The Bertz CT molecular complexity index is 1010. The van der Waals surface area contributed by atoms with Gasteiger partial charge in [0.1, 0.15) is 0 Å². The molecular weight excluding hydrogens is 390 g/mol. The van der Waals surface area contributed by atoms with Gasteiger partial charge in [0.2, 0.25) is 11.6 Å². The van der Waals surface area contributed by atoms with Gasteiger partial charge in [-0.1, -0.05) is 35.9 Å². The number of halogens is 1. The van der Waals surface area contributed by atoms with E-state index in [9.17, 15) is 14.4 Å². The number of likely N-dealkylation sites (N-methyl/N-ethyl adjacent to an activating group) is 1. The minimum absolute atomic E-state index is 0.158. The number of nitrogens with zero attached hydrogens (tertiary/aromatic N) is 2. The van der Waals surface area contributed by atoms with Crippen molar-refractivity contribution in [3.05, 3.63) is 64.7 Å². The number of nitrogens with one attached hydrogen (secondary N) is 1. The molecule has 150 valence electrons. The molecule has 0 saturated carbocycles. The third-order valence-electron chi connectivity index (χ3n) is 5.75. The summed E-state index contributed by atoms with van der Waals surface area (Å²) in [6.07, 6.45) is 0.463. The van der Waals surface area contributed by atoms with Crippen molar-refractivity contribution in [2.75, 3.05) is 11.4 Å². The second-order valence-electron chi connectivity index (χ2n) is 7.36. The number of anilines is 1. The number of carbonyl (C=O) groups is 3. The maximum atomic E-state index is 13.6. The number of carbonyl (C=O) groups excluding carboxylic acids is 3. The van der Waals surface area contributed by atoms with E-state index in [0.29, 0.717) is 22.8 Å². The zero-order valence-corrected chi connectivity index (χ0v) is 17.1. The SMILES string of the molecule is CCN1C(=O)c2ccccc2N2C(=O)CCC12C(=O)NC(C)c1cccc(Cl)c1. The van der Waals surface area contributed by atoms with Gasteiger partial charge in [0.05, 0.1) is 17.3 Å². The van der Waals surface area contributed by atoms with Crippen molar-refractivity contribution in [2.24, 2.45) is 0 Å². The van der Waals surface area contributed by atoms with Gasteiger partial charge < -0.3 is 10.2 Å². The highest BCUT2D eigenvalue weighted by atomic mass is 35.5. The average Bonchev–Trinajstić information content (AvgIpc) is 3.07. The molecule has 6 nitrogen and oxygen atoms in total. The fraction of sp³-hybridized carbons (Fsp3) is 0.318. The molecule has 4 rings (SSSR count). The summed E-state index contributed by atoms with van der Waals surface area (Å²) in [4.78, 5) is 42.7. The molecular formula is C22H22ClN3O3. The molecule has 0 aliphatic carbocycles. The van der Waals surface area contributed by atoms with Crippen LogP contribution >= 0.6 is 11.6 Å². The van der Waals surface area contributed by atoms with Crippen molar-refractivity contribution in [1.82, 2.24) is 10.2 Å². The molecule has 3 amide bonds. The molecule has 2 aliphatic rings. The number of hydrogen-bond donors (Lipinski definition) is 1. The molecule has 0 spiro atoms. The number of fused-ring (bicyclic) bond motifs is 3. The van der Waals surface area contributed by atoms with Crippen molar-refractivity contribution >= 4 is 35.0 Å². The van der Waals surface area contributed by atoms with Crippen molar-refractivity contribution in [3.8, 4) is 0 Å². The van der Waals surface area contributed by atoms with Crippen molar-refractivity contribution in [1.29, 1.82) is 0 Å². The second-order valence-corrected chi connectivity index (χ2v) is 7.80. The van der Waals surface area contributed by atoms with Crippen LogP contribution in [0.5, 0.6) is 0 Å². The Morgan fingerprint density at radius 2 is 1.97 bits per heavy atom. The summed E-state index contributed by atoms with van der Waals surface area (Å²) < 4.78 is 0. The highest BCUT2D eigenvalue weighted by Gasteiger charge is 2.60. The van der Waals surface area contributed by atoms with E-state index in [1.807, 2.05) is 26.0 Å². The van der Waals surface area contributed by atoms with Gasteiger partial charge >= 0.3 is 0 Å². The van der Waals surface area contributed by atoms with Gasteiger partial charge in [-0.15, -0.1) is 0 Å². The first-order valence-electron chi connectivity index (χ1n) is 9.70. The van der Waals surface area contributed by atoms with E-state index >= 15 is 0 Å². The van der Waals surface area contributed by atoms with E-state index in [1.54, 1.807) is 36.4 Å². The van der Waals surface area contributed by atoms with Gasteiger partial charge in [-0.2, -0.15) is 0 Å². The predicted molar refractivity (Wildman–Crippen MR) is 111 cm³/mol. The molecule has 2 aromatic carbocycles. The molecule has 2 heterocycles. The molecule has 0 aromatic heterocycles. The minimum atomic E-state index is -1.36. The van der Waals surface area contributed by atoms with Crippen LogP contribution in [0.4, 0.5) is 5.69 Å². The van der Waals surface area contributed by atoms with E-state index in [1.165, 1.54) is 9.80 Å². The normalized spacial score (nSPS) is 21.6. The van der Waals surface area contributed by atoms with Crippen molar-refractivity contribution < 1.29 is 14.4 Å². The third kappa shape index (κ3) is 2.90. The Kier molecular flexibility index (Phi) is 4.82. The van der Waals surface area contributed by atoms with Crippen LogP contribution in [0.25, 0.3) is 0 Å². The smallest absolute Gasteiger partial charge is 0.267 e. The van der Waals surface area contributed by atoms with Gasteiger partial charge in [0.25, 0.3) is 11.8 Å². The van der Waals surface area contributed by atoms with E-state index < -0.39 is 5.66 Å². The largest absolute Gasteiger partial charge is 0.346 e. The monoisotopic (exact) mass is 411 g/mol. The minimum Gasteiger partial charge on any atom is -0.346 e. The van der Waals surface area contributed by atoms with Crippen molar-refractivity contribution in [2.45, 2.75) is 38.4 Å². The zero-order valence-electron chi connectivity index (χ0n) is 16.3. The first-order chi connectivity index (χ1) is 13.9. The standard InChI is InChI=1S/C22H22ClN3O3/c1-3-25-20(28)17-9-4-5-10-18(17)26-19(27)11-12-22(25,26)21(29)24-14(2)15-7-6-8-16(23)13-15/h4-10,13-14H,3,11-12H2,1-2H3,(H,24,29). The number of para-hydroxylation sites is 1. The Morgan fingerprint density at radius 3 is 2.69 bits per heavy atom. The maximum absolute atomic E-state index is 13.6. The van der Waals surface area contributed by atoms with Crippen LogP contribution in [0, 0.1) is 0 Å². The number of amides is 3. The van der Waals surface area contributed by atoms with Crippen LogP contribution in [0.15, 0.2) is 48.5 Å². The Labute approximate surface area is 174 Å². The fourth-order valence-electron chi connectivity index (χ4n) is 4.38. The Balaban J connectivity index is 1.76. The first-order valence-corrected chi connectivity index (χ1v) is 10.1. The lowest BCUT2D eigenvalue weighted by Gasteiger charge is -2.49. The molecule has 2 aliphatic heterocycles. The first kappa shape index (κ1) is 19.5. The van der Waals surface area contributed by atoms with Crippen LogP contribution in [0.2, 0.25) is 5.02 Å². The van der Waals surface area contributed by atoms with E-state index in [0.717, 1.165) is 5.56 Å². The van der Waals surface area contributed by atoms with Crippen LogP contribution in [0.1, 0.15) is 48.7 Å². The van der Waals surface area contributed by atoms with E-state index in [4.69, 9.17) is 11.6 Å². The summed E-state index contributed by atoms with van der Waals surface area (Å²) in [5.74, 6) is -0.755. The Morgan fingerprint density at radius 1 is 1.21 bits per heavy atom. The molecule has 0 bridgehead atoms. The van der Waals surface area contributed by atoms with Crippen LogP contribution in [-0.4, -0.2) is 34.8 Å². The molecule has 2 atom stereocenters. The molecule has 7 heteroatoms. The van der Waals surface area contributed by atoms with Crippen LogP contribution < -0.4 is 10.2 Å². The van der Waals surface area contributed by atoms with E-state index in [2.05, 4.69) is 5.32 Å². The van der Waals surface area contributed by atoms with Crippen molar-refractivity contribution in [3.63, 3.8) is 0 Å². The van der Waals surface area contributed by atoms with Gasteiger partial charge in [-0.25, -0.2) is 0 Å². The quantitative estimate of drug-likeness (QED) is 0.836.